The van der Waals surface area contributed by atoms with Gasteiger partial charge in [-0.25, -0.2) is 0 Å². The lowest BCUT2D eigenvalue weighted by molar-refractivity contribution is 0.377. The van der Waals surface area contributed by atoms with Crippen LogP contribution in [0.4, 0.5) is 5.82 Å². The maximum atomic E-state index is 10.3. The summed E-state index contributed by atoms with van der Waals surface area (Å²) in [5.74, 6) is 0.296. The fourth-order valence-electron chi connectivity index (χ4n) is 1.31. The number of nitrogens with one attached hydrogen (secondary N) is 1. The van der Waals surface area contributed by atoms with Gasteiger partial charge in [-0.2, -0.15) is 5.10 Å². The Labute approximate surface area is 78.5 Å². The molecule has 0 unspecified atom stereocenters. The van der Waals surface area contributed by atoms with Crippen LogP contribution in [0.3, 0.4) is 0 Å². The van der Waals surface area contributed by atoms with Gasteiger partial charge in [0, 0.05) is 0 Å². The normalized spacial score (nSPS) is 10.4. The summed E-state index contributed by atoms with van der Waals surface area (Å²) in [6, 6.07) is 2.97. The molecule has 0 fully saturated rings. The zero-order valence-electron chi connectivity index (χ0n) is 7.31. The molecule has 0 radical (unpaired) electrons. The van der Waals surface area contributed by atoms with Crippen molar-refractivity contribution in [3.63, 3.8) is 0 Å². The van der Waals surface area contributed by atoms with Gasteiger partial charge in [0.2, 0.25) is 5.82 Å². The Kier molecular flexibility index (Phi) is 1.81. The van der Waals surface area contributed by atoms with Crippen LogP contribution in [0.1, 0.15) is 0 Å². The molecule has 0 bridgehead atoms. The lowest BCUT2D eigenvalue weighted by Crippen LogP contribution is -1.84. The Hall–Kier alpha value is -2.11. The number of fused-ring (bicyclic) bond motifs is 1. The molecule has 0 atom stereocenters. The summed E-state index contributed by atoms with van der Waals surface area (Å²) in [5, 5.41) is 18.9. The highest BCUT2D eigenvalue weighted by Crippen LogP contribution is 2.36. The van der Waals surface area contributed by atoms with Crippen molar-refractivity contribution >= 4 is 16.7 Å². The molecule has 1 aromatic carbocycles. The van der Waals surface area contributed by atoms with Gasteiger partial charge in [-0.15, -0.1) is 4.91 Å². The first-order valence-corrected chi connectivity index (χ1v) is 3.85. The lowest BCUT2D eigenvalue weighted by Gasteiger charge is -2.02. The van der Waals surface area contributed by atoms with Crippen LogP contribution in [-0.2, 0) is 0 Å². The highest BCUT2D eigenvalue weighted by atomic mass is 16.5. The number of phenols is 1. The number of aromatic nitrogens is 2. The first kappa shape index (κ1) is 8.49. The van der Waals surface area contributed by atoms with E-state index >= 15 is 0 Å². The first-order chi connectivity index (χ1) is 6.77. The lowest BCUT2D eigenvalue weighted by atomic mass is 10.2. The van der Waals surface area contributed by atoms with Gasteiger partial charge in [-0.1, -0.05) is 0 Å². The highest BCUT2D eigenvalue weighted by molar-refractivity contribution is 5.94. The minimum absolute atomic E-state index is 0.0129. The van der Waals surface area contributed by atoms with Crippen molar-refractivity contribution in [2.24, 2.45) is 5.18 Å². The molecule has 0 saturated heterocycles. The minimum Gasteiger partial charge on any atom is -0.504 e. The molecule has 0 aliphatic carbocycles. The van der Waals surface area contributed by atoms with E-state index in [1.165, 1.54) is 13.2 Å². The van der Waals surface area contributed by atoms with Gasteiger partial charge in [-0.3, -0.25) is 5.10 Å². The van der Waals surface area contributed by atoms with Crippen LogP contribution in [-0.4, -0.2) is 22.4 Å². The van der Waals surface area contributed by atoms with Crippen molar-refractivity contribution in [3.05, 3.63) is 17.0 Å². The average Bonchev–Trinajstić information content (AvgIpc) is 2.60. The molecule has 6 heteroatoms. The van der Waals surface area contributed by atoms with Gasteiger partial charge in [0.15, 0.2) is 11.5 Å². The van der Waals surface area contributed by atoms with Crippen LogP contribution in [0.15, 0.2) is 17.3 Å². The maximum Gasteiger partial charge on any atom is 0.225 e. The van der Waals surface area contributed by atoms with Gasteiger partial charge < -0.3 is 9.84 Å². The number of nitroso groups, excluding NO2 is 1. The van der Waals surface area contributed by atoms with Crippen molar-refractivity contribution in [2.45, 2.75) is 0 Å². The maximum absolute atomic E-state index is 10.3. The van der Waals surface area contributed by atoms with Crippen LogP contribution < -0.4 is 4.74 Å². The summed E-state index contributed by atoms with van der Waals surface area (Å²) in [6.45, 7) is 0. The number of nitrogens with zero attached hydrogens (tertiary/aromatic N) is 2. The number of hydrogen-bond acceptors (Lipinski definition) is 5. The van der Waals surface area contributed by atoms with Crippen LogP contribution >= 0.6 is 0 Å². The number of aromatic hydroxyl groups is 1. The van der Waals surface area contributed by atoms with E-state index in [0.717, 1.165) is 0 Å². The third kappa shape index (κ3) is 1.00. The quantitative estimate of drug-likeness (QED) is 0.710. The number of phenolic OH excluding ortho intramolecular Hbond substituents is 1. The van der Waals surface area contributed by atoms with E-state index in [-0.39, 0.29) is 17.3 Å². The van der Waals surface area contributed by atoms with E-state index in [1.807, 2.05) is 0 Å². The molecule has 2 rings (SSSR count). The summed E-state index contributed by atoms with van der Waals surface area (Å²) in [5.41, 5.74) is 0.460. The number of methoxy groups -OCH3 is 1. The average molecular weight is 193 g/mol. The van der Waals surface area contributed by atoms with Crippen LogP contribution in [0.25, 0.3) is 10.9 Å². The zero-order chi connectivity index (χ0) is 10.1. The molecule has 2 aromatic rings. The topological polar surface area (TPSA) is 87.6 Å². The second-order valence-corrected chi connectivity index (χ2v) is 2.68. The SMILES string of the molecule is COc1c(O)ccc2c(N=O)n[nH]c12. The van der Waals surface area contributed by atoms with E-state index in [9.17, 15) is 10.0 Å². The molecular weight excluding hydrogens is 186 g/mol. The Morgan fingerprint density at radius 3 is 3.00 bits per heavy atom. The number of aromatic amines is 1. The van der Waals surface area contributed by atoms with E-state index in [0.29, 0.717) is 10.9 Å². The molecule has 14 heavy (non-hydrogen) atoms. The summed E-state index contributed by atoms with van der Waals surface area (Å²) in [4.78, 5) is 10.3. The Morgan fingerprint density at radius 2 is 2.36 bits per heavy atom. The molecule has 6 nitrogen and oxygen atoms in total. The van der Waals surface area contributed by atoms with E-state index < -0.39 is 0 Å². The molecular formula is C8H7N3O3. The molecule has 0 spiro atoms. The van der Waals surface area contributed by atoms with Gasteiger partial charge in [0.25, 0.3) is 0 Å². The predicted molar refractivity (Wildman–Crippen MR) is 49.8 cm³/mol. The van der Waals surface area contributed by atoms with Crippen molar-refractivity contribution in [1.82, 2.24) is 10.2 Å². The monoisotopic (exact) mass is 193 g/mol. The van der Waals surface area contributed by atoms with Crippen LogP contribution in [0.2, 0.25) is 0 Å². The van der Waals surface area contributed by atoms with Crippen molar-refractivity contribution in [1.29, 1.82) is 0 Å². The molecule has 1 heterocycles. The standard InChI is InChI=1S/C8H7N3O3/c1-14-7-5(12)3-2-4-6(7)9-10-8(4)11-13/h2-3,12H,1H3,(H,9,10). The first-order valence-electron chi connectivity index (χ1n) is 3.85. The third-order valence-corrected chi connectivity index (χ3v) is 1.94. The Bertz CT molecular complexity index is 492. The fraction of sp³-hybridized carbons (Fsp3) is 0.125. The van der Waals surface area contributed by atoms with Crippen molar-refractivity contribution in [3.8, 4) is 11.5 Å². The molecule has 0 aliphatic rings. The number of ether oxygens (including phenoxy) is 1. The largest absolute Gasteiger partial charge is 0.504 e. The van der Waals surface area contributed by atoms with E-state index in [1.54, 1.807) is 6.07 Å². The highest BCUT2D eigenvalue weighted by Gasteiger charge is 2.13. The Balaban J connectivity index is 2.83. The number of hydrogen-bond donors (Lipinski definition) is 2. The second-order valence-electron chi connectivity index (χ2n) is 2.68. The number of rotatable bonds is 2. The summed E-state index contributed by atoms with van der Waals surface area (Å²) in [7, 11) is 1.42. The Morgan fingerprint density at radius 1 is 1.57 bits per heavy atom. The van der Waals surface area contributed by atoms with Crippen LogP contribution in [0.5, 0.6) is 11.5 Å². The molecule has 0 amide bonds. The van der Waals surface area contributed by atoms with Crippen LogP contribution in [0, 0.1) is 4.91 Å². The van der Waals surface area contributed by atoms with Gasteiger partial charge >= 0.3 is 0 Å². The summed E-state index contributed by atoms with van der Waals surface area (Å²) >= 11 is 0. The predicted octanol–water partition coefficient (Wildman–Crippen LogP) is 1.67. The molecule has 1 aromatic heterocycles. The van der Waals surface area contributed by atoms with E-state index in [2.05, 4.69) is 15.4 Å². The second kappa shape index (κ2) is 2.99. The van der Waals surface area contributed by atoms with Crippen molar-refractivity contribution in [2.75, 3.05) is 7.11 Å². The minimum atomic E-state index is -0.0129. The summed E-state index contributed by atoms with van der Waals surface area (Å²) < 4.78 is 4.95. The molecule has 72 valence electrons. The fourth-order valence-corrected chi connectivity index (χ4v) is 1.31. The van der Waals surface area contributed by atoms with E-state index in [4.69, 9.17) is 4.74 Å². The van der Waals surface area contributed by atoms with Crippen molar-refractivity contribution < 1.29 is 9.84 Å². The number of benzene rings is 1. The van der Waals surface area contributed by atoms with Gasteiger partial charge in [0.1, 0.15) is 5.52 Å². The summed E-state index contributed by atoms with van der Waals surface area (Å²) in [6.07, 6.45) is 0. The molecule has 0 aliphatic heterocycles. The van der Waals surface area contributed by atoms with Gasteiger partial charge in [0.05, 0.1) is 12.5 Å². The smallest absolute Gasteiger partial charge is 0.225 e. The third-order valence-electron chi connectivity index (χ3n) is 1.94. The molecule has 2 N–H and O–H groups in total. The molecule has 0 saturated carbocycles. The number of H-pyrrole nitrogens is 1. The zero-order valence-corrected chi connectivity index (χ0v) is 7.31. The van der Waals surface area contributed by atoms with Gasteiger partial charge in [-0.05, 0) is 17.3 Å².